The zero-order chi connectivity index (χ0) is 15.5. The third kappa shape index (κ3) is 3.49. The molecule has 0 atom stereocenters. The Labute approximate surface area is 127 Å². The Morgan fingerprint density at radius 1 is 1.33 bits per heavy atom. The molecule has 0 aromatic heterocycles. The van der Waals surface area contributed by atoms with Gasteiger partial charge in [0.25, 0.3) is 0 Å². The van der Waals surface area contributed by atoms with E-state index in [0.717, 1.165) is 12.8 Å². The number of nitrogens with two attached hydrogens (primary N) is 1. The maximum atomic E-state index is 12.9. The summed E-state index contributed by atoms with van der Waals surface area (Å²) in [6.07, 6.45) is 3.42. The molecule has 118 valence electrons. The molecular weight excluding hydrogens is 288 g/mol. The Hall–Kier alpha value is -1.27. The molecule has 0 aliphatic heterocycles. The quantitative estimate of drug-likeness (QED) is 0.785. The fourth-order valence-electron chi connectivity index (χ4n) is 2.50. The highest BCUT2D eigenvalue weighted by Crippen LogP contribution is 2.32. The third-order valence-electron chi connectivity index (χ3n) is 3.92. The van der Waals surface area contributed by atoms with E-state index in [1.807, 2.05) is 13.8 Å². The van der Waals surface area contributed by atoms with Gasteiger partial charge in [-0.1, -0.05) is 13.3 Å². The number of ether oxygens (including phenoxy) is 1. The minimum atomic E-state index is -3.57. The van der Waals surface area contributed by atoms with Crippen LogP contribution in [0.15, 0.2) is 23.1 Å². The molecule has 1 aromatic carbocycles. The Kier molecular flexibility index (Phi) is 5.11. The second-order valence-electron chi connectivity index (χ2n) is 5.39. The zero-order valence-corrected chi connectivity index (χ0v) is 13.5. The molecule has 21 heavy (non-hydrogen) atoms. The van der Waals surface area contributed by atoms with Crippen molar-refractivity contribution < 1.29 is 13.2 Å². The minimum absolute atomic E-state index is 0.172. The van der Waals surface area contributed by atoms with E-state index in [-0.39, 0.29) is 4.90 Å². The van der Waals surface area contributed by atoms with Gasteiger partial charge >= 0.3 is 0 Å². The van der Waals surface area contributed by atoms with Crippen molar-refractivity contribution in [2.75, 3.05) is 25.4 Å². The summed E-state index contributed by atoms with van der Waals surface area (Å²) in [5.74, 6) is 0.857. The normalized spacial score (nSPS) is 16.0. The molecule has 0 unspecified atom stereocenters. The predicted molar refractivity (Wildman–Crippen MR) is 83.8 cm³/mol. The number of sulfonamides is 1. The van der Waals surface area contributed by atoms with Gasteiger partial charge in [-0.2, -0.15) is 4.31 Å². The van der Waals surface area contributed by atoms with Gasteiger partial charge in [0, 0.05) is 18.8 Å². The minimum Gasteiger partial charge on any atom is -0.492 e. The van der Waals surface area contributed by atoms with Crippen LogP contribution in [0.4, 0.5) is 5.69 Å². The van der Waals surface area contributed by atoms with Gasteiger partial charge in [-0.25, -0.2) is 8.42 Å². The SMILES string of the molecule is CCOc1ccc(N)cc1S(=O)(=O)N(CC)CC1CCC1. The van der Waals surface area contributed by atoms with Crippen LogP contribution in [0.25, 0.3) is 0 Å². The fraction of sp³-hybridized carbons (Fsp3) is 0.600. The largest absolute Gasteiger partial charge is 0.492 e. The maximum absolute atomic E-state index is 12.9. The van der Waals surface area contributed by atoms with E-state index >= 15 is 0 Å². The topological polar surface area (TPSA) is 72.6 Å². The standard InChI is InChI=1S/C15H24N2O3S/c1-3-17(11-12-6-5-7-12)21(18,19)15-10-13(16)8-9-14(15)20-4-2/h8-10,12H,3-7,11,16H2,1-2H3. The fourth-order valence-corrected chi connectivity index (χ4v) is 4.19. The first-order valence-corrected chi connectivity index (χ1v) is 8.95. The summed E-state index contributed by atoms with van der Waals surface area (Å²) in [7, 11) is -3.57. The van der Waals surface area contributed by atoms with Crippen molar-refractivity contribution in [3.63, 3.8) is 0 Å². The smallest absolute Gasteiger partial charge is 0.246 e. The number of rotatable bonds is 7. The van der Waals surface area contributed by atoms with Crippen molar-refractivity contribution in [1.82, 2.24) is 4.31 Å². The summed E-state index contributed by atoms with van der Waals surface area (Å²) in [6.45, 7) is 5.15. The Balaban J connectivity index is 2.33. The van der Waals surface area contributed by atoms with E-state index in [1.54, 1.807) is 12.1 Å². The lowest BCUT2D eigenvalue weighted by molar-refractivity contribution is 0.249. The molecule has 0 bridgehead atoms. The molecule has 5 nitrogen and oxygen atoms in total. The highest BCUT2D eigenvalue weighted by atomic mass is 32.2. The van der Waals surface area contributed by atoms with Crippen LogP contribution < -0.4 is 10.5 Å². The number of hydrogen-bond acceptors (Lipinski definition) is 4. The van der Waals surface area contributed by atoms with Crippen LogP contribution in [0.5, 0.6) is 5.75 Å². The van der Waals surface area contributed by atoms with Crippen molar-refractivity contribution in [1.29, 1.82) is 0 Å². The number of nitrogen functional groups attached to an aromatic ring is 1. The summed E-state index contributed by atoms with van der Waals surface area (Å²) in [6, 6.07) is 4.78. The van der Waals surface area contributed by atoms with Crippen LogP contribution >= 0.6 is 0 Å². The van der Waals surface area contributed by atoms with Crippen molar-refractivity contribution in [2.45, 2.75) is 38.0 Å². The van der Waals surface area contributed by atoms with Crippen molar-refractivity contribution in [2.24, 2.45) is 5.92 Å². The number of anilines is 1. The average Bonchev–Trinajstić information content (AvgIpc) is 2.39. The molecule has 1 fully saturated rings. The number of hydrogen-bond donors (Lipinski definition) is 1. The molecule has 0 heterocycles. The first-order chi connectivity index (χ1) is 9.98. The summed E-state index contributed by atoms with van der Waals surface area (Å²) < 4.78 is 32.7. The van der Waals surface area contributed by atoms with Crippen LogP contribution in [0.3, 0.4) is 0 Å². The van der Waals surface area contributed by atoms with E-state index in [4.69, 9.17) is 10.5 Å². The van der Waals surface area contributed by atoms with Crippen LogP contribution in [0, 0.1) is 5.92 Å². The molecule has 1 saturated carbocycles. The summed E-state index contributed by atoms with van der Waals surface area (Å²) in [5, 5.41) is 0. The molecule has 6 heteroatoms. The molecule has 1 aliphatic rings. The van der Waals surface area contributed by atoms with Crippen molar-refractivity contribution >= 4 is 15.7 Å². The van der Waals surface area contributed by atoms with Gasteiger partial charge in [-0.05, 0) is 43.9 Å². The number of nitrogens with zero attached hydrogens (tertiary/aromatic N) is 1. The highest BCUT2D eigenvalue weighted by Gasteiger charge is 2.30. The van der Waals surface area contributed by atoms with Crippen LogP contribution in [0.1, 0.15) is 33.1 Å². The van der Waals surface area contributed by atoms with E-state index in [2.05, 4.69) is 0 Å². The zero-order valence-electron chi connectivity index (χ0n) is 12.7. The molecule has 0 saturated heterocycles. The first-order valence-electron chi connectivity index (χ1n) is 7.51. The average molecular weight is 312 g/mol. The van der Waals surface area contributed by atoms with Gasteiger partial charge in [0.1, 0.15) is 10.6 Å². The van der Waals surface area contributed by atoms with Crippen LogP contribution in [-0.4, -0.2) is 32.4 Å². The Morgan fingerprint density at radius 3 is 2.57 bits per heavy atom. The lowest BCUT2D eigenvalue weighted by atomic mass is 9.85. The molecule has 0 spiro atoms. The molecule has 2 rings (SSSR count). The van der Waals surface area contributed by atoms with E-state index in [0.29, 0.717) is 37.1 Å². The second kappa shape index (κ2) is 6.66. The Bertz CT molecular complexity index is 583. The number of benzene rings is 1. The molecular formula is C15H24N2O3S. The van der Waals surface area contributed by atoms with Gasteiger partial charge in [0.15, 0.2) is 0 Å². The molecule has 0 amide bonds. The first kappa shape index (κ1) is 16.1. The van der Waals surface area contributed by atoms with Gasteiger partial charge in [0.2, 0.25) is 10.0 Å². The molecule has 2 N–H and O–H groups in total. The summed E-state index contributed by atoms with van der Waals surface area (Å²) >= 11 is 0. The maximum Gasteiger partial charge on any atom is 0.246 e. The van der Waals surface area contributed by atoms with E-state index in [1.165, 1.54) is 16.8 Å². The predicted octanol–water partition coefficient (Wildman–Crippen LogP) is 2.48. The molecule has 1 aliphatic carbocycles. The third-order valence-corrected chi connectivity index (χ3v) is 5.89. The molecule has 1 aromatic rings. The van der Waals surface area contributed by atoms with Crippen molar-refractivity contribution in [3.8, 4) is 5.75 Å². The van der Waals surface area contributed by atoms with E-state index in [9.17, 15) is 8.42 Å². The Morgan fingerprint density at radius 2 is 2.05 bits per heavy atom. The lowest BCUT2D eigenvalue weighted by Crippen LogP contribution is -2.37. The monoisotopic (exact) mass is 312 g/mol. The van der Waals surface area contributed by atoms with Gasteiger partial charge in [-0.15, -0.1) is 0 Å². The van der Waals surface area contributed by atoms with Gasteiger partial charge < -0.3 is 10.5 Å². The highest BCUT2D eigenvalue weighted by molar-refractivity contribution is 7.89. The van der Waals surface area contributed by atoms with Gasteiger partial charge in [0.05, 0.1) is 6.61 Å². The summed E-state index contributed by atoms with van der Waals surface area (Å²) in [5.41, 5.74) is 6.19. The van der Waals surface area contributed by atoms with Crippen LogP contribution in [-0.2, 0) is 10.0 Å². The van der Waals surface area contributed by atoms with Crippen LogP contribution in [0.2, 0.25) is 0 Å². The lowest BCUT2D eigenvalue weighted by Gasteiger charge is -2.31. The summed E-state index contributed by atoms with van der Waals surface area (Å²) in [4.78, 5) is 0.172. The second-order valence-corrected chi connectivity index (χ2v) is 7.30. The van der Waals surface area contributed by atoms with Crippen molar-refractivity contribution in [3.05, 3.63) is 18.2 Å². The van der Waals surface area contributed by atoms with Gasteiger partial charge in [-0.3, -0.25) is 0 Å². The molecule has 0 radical (unpaired) electrons. The van der Waals surface area contributed by atoms with E-state index < -0.39 is 10.0 Å².